The number of rotatable bonds is 8. The molecule has 7 nitrogen and oxygen atoms in total. The third-order valence-electron chi connectivity index (χ3n) is 4.10. The zero-order valence-electron chi connectivity index (χ0n) is 15.5. The fourth-order valence-electron chi connectivity index (χ4n) is 2.63. The molecule has 0 radical (unpaired) electrons. The Bertz CT molecular complexity index is 647. The van der Waals surface area contributed by atoms with E-state index < -0.39 is 0 Å². The van der Waals surface area contributed by atoms with E-state index in [2.05, 4.69) is 39.7 Å². The average Bonchev–Trinajstić information content (AvgIpc) is 3.21. The highest BCUT2D eigenvalue weighted by molar-refractivity contribution is 14.0. The Labute approximate surface area is 166 Å². The Kier molecular flexibility index (Phi) is 9.54. The summed E-state index contributed by atoms with van der Waals surface area (Å²) < 4.78 is 7.22. The number of hydrogen-bond acceptors (Lipinski definition) is 4. The molecule has 8 heteroatoms. The van der Waals surface area contributed by atoms with Crippen LogP contribution >= 0.6 is 24.0 Å². The predicted molar refractivity (Wildman–Crippen MR) is 110 cm³/mol. The van der Waals surface area contributed by atoms with Gasteiger partial charge in [-0.25, -0.2) is 0 Å². The lowest BCUT2D eigenvalue weighted by Gasteiger charge is -2.10. The molecule has 0 spiro atoms. The van der Waals surface area contributed by atoms with Gasteiger partial charge >= 0.3 is 0 Å². The number of nitrogens with one attached hydrogen (secondary N) is 2. The molecule has 0 aliphatic rings. The maximum atomic E-state index is 5.41. The molecule has 0 atom stereocenters. The second kappa shape index (κ2) is 11.1. The van der Waals surface area contributed by atoms with E-state index in [-0.39, 0.29) is 24.0 Å². The summed E-state index contributed by atoms with van der Waals surface area (Å²) in [6.07, 6.45) is 6.95. The molecule has 0 saturated carbocycles. The normalized spacial score (nSPS) is 11.5. The number of hydrogen-bond donors (Lipinski definition) is 2. The molecule has 0 bridgehead atoms. The lowest BCUT2D eigenvalue weighted by Crippen LogP contribution is -2.37. The quantitative estimate of drug-likeness (QED) is 0.360. The average molecular weight is 460 g/mol. The van der Waals surface area contributed by atoms with Crippen LogP contribution in [0.15, 0.2) is 28.0 Å². The van der Waals surface area contributed by atoms with Gasteiger partial charge in [0, 0.05) is 38.8 Å². The molecule has 2 heterocycles. The summed E-state index contributed by atoms with van der Waals surface area (Å²) in [5.41, 5.74) is 2.24. The molecule has 2 aromatic rings. The number of halogens is 1. The summed E-state index contributed by atoms with van der Waals surface area (Å²) in [6.45, 7) is 5.71. The molecule has 0 aliphatic carbocycles. The number of aryl methyl sites for hydroxylation is 1. The molecule has 0 aliphatic heterocycles. The first kappa shape index (κ1) is 21.5. The molecule has 0 amide bonds. The second-order valence-electron chi connectivity index (χ2n) is 5.86. The van der Waals surface area contributed by atoms with Gasteiger partial charge in [-0.05, 0) is 24.8 Å². The number of guanidine groups is 1. The van der Waals surface area contributed by atoms with Gasteiger partial charge in [0.05, 0.1) is 18.4 Å². The van der Waals surface area contributed by atoms with Crippen LogP contribution in [0.4, 0.5) is 0 Å². The van der Waals surface area contributed by atoms with Crippen molar-refractivity contribution in [1.82, 2.24) is 25.6 Å². The van der Waals surface area contributed by atoms with Crippen molar-refractivity contribution in [3.8, 4) is 0 Å². The molecule has 2 N–H and O–H groups in total. The molecule has 0 aromatic carbocycles. The Morgan fingerprint density at radius 3 is 2.68 bits per heavy atom. The van der Waals surface area contributed by atoms with Gasteiger partial charge in [0.2, 0.25) is 0 Å². The summed E-state index contributed by atoms with van der Waals surface area (Å²) in [4.78, 5) is 4.23. The van der Waals surface area contributed by atoms with E-state index in [1.165, 1.54) is 5.56 Å². The summed E-state index contributed by atoms with van der Waals surface area (Å²) >= 11 is 0. The first-order valence-corrected chi connectivity index (χ1v) is 8.53. The number of aromatic nitrogens is 3. The molecule has 2 rings (SSSR count). The highest BCUT2D eigenvalue weighted by Crippen LogP contribution is 2.22. The van der Waals surface area contributed by atoms with Crippen LogP contribution in [0, 0.1) is 0 Å². The molecule has 0 saturated heterocycles. The van der Waals surface area contributed by atoms with Gasteiger partial charge in [-0.2, -0.15) is 5.10 Å². The Balaban J connectivity index is 0.00000312. The SMILES string of the molecule is CCC(CC)c1cc(CNC(=NC)NCCc2cnn(C)c2)on1.I. The van der Waals surface area contributed by atoms with E-state index in [9.17, 15) is 0 Å². The van der Waals surface area contributed by atoms with Crippen LogP contribution < -0.4 is 10.6 Å². The second-order valence-corrected chi connectivity index (χ2v) is 5.86. The lowest BCUT2D eigenvalue weighted by atomic mass is 9.99. The van der Waals surface area contributed by atoms with Gasteiger partial charge in [0.1, 0.15) is 0 Å². The van der Waals surface area contributed by atoms with Gasteiger partial charge in [-0.15, -0.1) is 24.0 Å². The molecular weight excluding hydrogens is 431 g/mol. The van der Waals surface area contributed by atoms with E-state index in [1.807, 2.05) is 30.2 Å². The summed E-state index contributed by atoms with van der Waals surface area (Å²) in [7, 11) is 3.68. The van der Waals surface area contributed by atoms with Crippen molar-refractivity contribution in [3.63, 3.8) is 0 Å². The van der Waals surface area contributed by atoms with Gasteiger partial charge in [-0.3, -0.25) is 9.67 Å². The highest BCUT2D eigenvalue weighted by Gasteiger charge is 2.13. The summed E-state index contributed by atoms with van der Waals surface area (Å²) in [5, 5.41) is 14.9. The first-order chi connectivity index (χ1) is 11.7. The van der Waals surface area contributed by atoms with E-state index in [0.717, 1.165) is 43.2 Å². The molecule has 25 heavy (non-hydrogen) atoms. The summed E-state index contributed by atoms with van der Waals surface area (Å²) in [6, 6.07) is 2.04. The predicted octanol–water partition coefficient (Wildman–Crippen LogP) is 2.84. The van der Waals surface area contributed by atoms with Crippen molar-refractivity contribution >= 4 is 29.9 Å². The monoisotopic (exact) mass is 460 g/mol. The largest absolute Gasteiger partial charge is 0.359 e. The van der Waals surface area contributed by atoms with Crippen LogP contribution in [0.2, 0.25) is 0 Å². The van der Waals surface area contributed by atoms with Crippen molar-refractivity contribution in [2.45, 2.75) is 45.6 Å². The van der Waals surface area contributed by atoms with Crippen molar-refractivity contribution in [3.05, 3.63) is 35.5 Å². The standard InChI is InChI=1S/C17H28N6O.HI/c1-5-14(6-2)16-9-15(24-22-16)11-20-17(18-3)19-8-7-13-10-21-23(4)12-13;/h9-10,12,14H,5-8,11H2,1-4H3,(H2,18,19,20);1H. The van der Waals surface area contributed by atoms with Crippen LogP contribution in [0.25, 0.3) is 0 Å². The van der Waals surface area contributed by atoms with E-state index in [0.29, 0.717) is 12.5 Å². The molecule has 0 fully saturated rings. The van der Waals surface area contributed by atoms with Gasteiger partial charge < -0.3 is 15.2 Å². The smallest absolute Gasteiger partial charge is 0.191 e. The van der Waals surface area contributed by atoms with Crippen molar-refractivity contribution in [2.75, 3.05) is 13.6 Å². The van der Waals surface area contributed by atoms with Crippen LogP contribution in [0.3, 0.4) is 0 Å². The van der Waals surface area contributed by atoms with Crippen molar-refractivity contribution in [1.29, 1.82) is 0 Å². The Hall–Kier alpha value is -1.58. The van der Waals surface area contributed by atoms with Crippen LogP contribution in [0.1, 0.15) is 49.6 Å². The molecular formula is C17H29IN6O. The van der Waals surface area contributed by atoms with Gasteiger partial charge in [0.25, 0.3) is 0 Å². The molecule has 140 valence electrons. The van der Waals surface area contributed by atoms with Crippen LogP contribution in [-0.2, 0) is 20.0 Å². The summed E-state index contributed by atoms with van der Waals surface area (Å²) in [5.74, 6) is 2.05. The first-order valence-electron chi connectivity index (χ1n) is 8.53. The minimum absolute atomic E-state index is 0. The van der Waals surface area contributed by atoms with E-state index in [4.69, 9.17) is 4.52 Å². The minimum atomic E-state index is 0. The fourth-order valence-corrected chi connectivity index (χ4v) is 2.63. The fraction of sp³-hybridized carbons (Fsp3) is 0.588. The van der Waals surface area contributed by atoms with E-state index in [1.54, 1.807) is 7.05 Å². The number of aliphatic imine (C=N–C) groups is 1. The maximum Gasteiger partial charge on any atom is 0.191 e. The van der Waals surface area contributed by atoms with Crippen molar-refractivity contribution < 1.29 is 4.52 Å². The van der Waals surface area contributed by atoms with Gasteiger partial charge in [-0.1, -0.05) is 19.0 Å². The third-order valence-corrected chi connectivity index (χ3v) is 4.10. The third kappa shape index (κ3) is 6.68. The minimum Gasteiger partial charge on any atom is -0.359 e. The number of nitrogens with zero attached hydrogens (tertiary/aromatic N) is 4. The van der Waals surface area contributed by atoms with Crippen LogP contribution in [0.5, 0.6) is 0 Å². The molecule has 2 aromatic heterocycles. The zero-order chi connectivity index (χ0) is 17.4. The Morgan fingerprint density at radius 1 is 1.32 bits per heavy atom. The zero-order valence-corrected chi connectivity index (χ0v) is 17.8. The Morgan fingerprint density at radius 2 is 2.08 bits per heavy atom. The van der Waals surface area contributed by atoms with Gasteiger partial charge in [0.15, 0.2) is 11.7 Å². The van der Waals surface area contributed by atoms with E-state index >= 15 is 0 Å². The topological polar surface area (TPSA) is 80.3 Å². The van der Waals surface area contributed by atoms with Crippen molar-refractivity contribution in [2.24, 2.45) is 12.0 Å². The maximum absolute atomic E-state index is 5.41. The lowest BCUT2D eigenvalue weighted by molar-refractivity contribution is 0.368. The van der Waals surface area contributed by atoms with Crippen LogP contribution in [-0.4, -0.2) is 34.5 Å². The highest BCUT2D eigenvalue weighted by atomic mass is 127. The molecule has 0 unspecified atom stereocenters.